The number of carbonyl (C=O) groups is 2. The molecule has 0 radical (unpaired) electrons. The van der Waals surface area contributed by atoms with Crippen LogP contribution < -0.4 is 5.32 Å². The minimum Gasteiger partial charge on any atom is -0.465 e. The molecule has 1 N–H and O–H groups in total. The van der Waals surface area contributed by atoms with Crippen molar-refractivity contribution in [3.05, 3.63) is 28.8 Å². The Bertz CT molecular complexity index is 510. The van der Waals surface area contributed by atoms with Gasteiger partial charge in [0.1, 0.15) is 0 Å². The van der Waals surface area contributed by atoms with E-state index in [0.717, 1.165) is 12.8 Å². The smallest absolute Gasteiger partial charge is 0.337 e. The number of halogens is 1. The number of anilines is 1. The fourth-order valence-corrected chi connectivity index (χ4v) is 2.71. The third-order valence-electron chi connectivity index (χ3n) is 3.61. The lowest BCUT2D eigenvalue weighted by Crippen LogP contribution is -2.16. The summed E-state index contributed by atoms with van der Waals surface area (Å²) in [6.07, 6.45) is 5.15. The Hall–Kier alpha value is -1.55. The molecule has 0 aliphatic heterocycles. The summed E-state index contributed by atoms with van der Waals surface area (Å²) in [5.41, 5.74) is 0.825. The molecule has 2 rings (SSSR count). The van der Waals surface area contributed by atoms with Crippen LogP contribution in [0.4, 0.5) is 5.69 Å². The molecule has 0 aromatic heterocycles. The minimum absolute atomic E-state index is 0.0548. The summed E-state index contributed by atoms with van der Waals surface area (Å²) >= 11 is 6.04. The van der Waals surface area contributed by atoms with E-state index in [0.29, 0.717) is 28.6 Å². The van der Waals surface area contributed by atoms with E-state index in [9.17, 15) is 9.59 Å². The van der Waals surface area contributed by atoms with Crippen molar-refractivity contribution < 1.29 is 14.3 Å². The second-order valence-electron chi connectivity index (χ2n) is 5.09. The van der Waals surface area contributed by atoms with Crippen LogP contribution in [-0.2, 0) is 9.53 Å². The lowest BCUT2D eigenvalue weighted by molar-refractivity contribution is -0.117. The van der Waals surface area contributed by atoms with Gasteiger partial charge in [-0.2, -0.15) is 0 Å². The summed E-state index contributed by atoms with van der Waals surface area (Å²) in [6, 6.07) is 4.69. The van der Waals surface area contributed by atoms with Gasteiger partial charge in [-0.15, -0.1) is 0 Å². The minimum atomic E-state index is -0.451. The third-order valence-corrected chi connectivity index (χ3v) is 3.94. The molecular weight excluding hydrogens is 278 g/mol. The van der Waals surface area contributed by atoms with Crippen LogP contribution in [0.2, 0.25) is 5.02 Å². The summed E-state index contributed by atoms with van der Waals surface area (Å²) in [6.45, 7) is 0. The summed E-state index contributed by atoms with van der Waals surface area (Å²) in [4.78, 5) is 23.4. The van der Waals surface area contributed by atoms with Crippen molar-refractivity contribution in [2.75, 3.05) is 12.4 Å². The van der Waals surface area contributed by atoms with E-state index in [1.807, 2.05) is 0 Å². The molecule has 5 heteroatoms. The number of nitrogens with one attached hydrogen (secondary N) is 1. The Morgan fingerprint density at radius 1 is 1.35 bits per heavy atom. The molecular formula is C15H18ClNO3. The molecule has 1 saturated carbocycles. The van der Waals surface area contributed by atoms with Crippen LogP contribution in [0.25, 0.3) is 0 Å². The zero-order chi connectivity index (χ0) is 14.5. The van der Waals surface area contributed by atoms with Crippen LogP contribution in [0.15, 0.2) is 18.2 Å². The highest BCUT2D eigenvalue weighted by molar-refractivity contribution is 6.33. The highest BCUT2D eigenvalue weighted by Gasteiger charge is 2.19. The van der Waals surface area contributed by atoms with Crippen LogP contribution in [0.1, 0.15) is 42.5 Å². The molecule has 0 atom stereocenters. The van der Waals surface area contributed by atoms with Crippen LogP contribution >= 0.6 is 11.6 Å². The van der Waals surface area contributed by atoms with Crippen molar-refractivity contribution in [3.8, 4) is 0 Å². The number of methoxy groups -OCH3 is 1. The SMILES string of the molecule is COC(=O)c1ccc(Cl)c(NC(=O)CC2CCCC2)c1. The number of hydrogen-bond acceptors (Lipinski definition) is 3. The van der Waals surface area contributed by atoms with E-state index in [4.69, 9.17) is 11.6 Å². The highest BCUT2D eigenvalue weighted by Crippen LogP contribution is 2.29. The fraction of sp³-hybridized carbons (Fsp3) is 0.467. The Balaban J connectivity index is 2.03. The average molecular weight is 296 g/mol. The molecule has 1 aromatic rings. The van der Waals surface area contributed by atoms with Gasteiger partial charge < -0.3 is 10.1 Å². The molecule has 1 aliphatic rings. The molecule has 0 unspecified atom stereocenters. The van der Waals surface area contributed by atoms with Crippen molar-refractivity contribution in [2.24, 2.45) is 5.92 Å². The average Bonchev–Trinajstić information content (AvgIpc) is 2.93. The lowest BCUT2D eigenvalue weighted by atomic mass is 10.0. The number of hydrogen-bond donors (Lipinski definition) is 1. The summed E-state index contributed by atoms with van der Waals surface area (Å²) in [7, 11) is 1.31. The first-order chi connectivity index (χ1) is 9.60. The number of carbonyl (C=O) groups excluding carboxylic acids is 2. The molecule has 1 fully saturated rings. The highest BCUT2D eigenvalue weighted by atomic mass is 35.5. The largest absolute Gasteiger partial charge is 0.465 e. The van der Waals surface area contributed by atoms with Crippen LogP contribution in [0.5, 0.6) is 0 Å². The van der Waals surface area contributed by atoms with Gasteiger partial charge in [0.15, 0.2) is 0 Å². The molecule has 0 bridgehead atoms. The number of esters is 1. The number of ether oxygens (including phenoxy) is 1. The topological polar surface area (TPSA) is 55.4 Å². The van der Waals surface area contributed by atoms with Gasteiger partial charge in [0, 0.05) is 6.42 Å². The van der Waals surface area contributed by atoms with Gasteiger partial charge in [0.25, 0.3) is 0 Å². The monoisotopic (exact) mass is 295 g/mol. The molecule has 0 heterocycles. The lowest BCUT2D eigenvalue weighted by Gasteiger charge is -2.11. The van der Waals surface area contributed by atoms with Crippen molar-refractivity contribution in [2.45, 2.75) is 32.1 Å². The number of benzene rings is 1. The van der Waals surface area contributed by atoms with E-state index in [1.54, 1.807) is 18.2 Å². The number of amides is 1. The maximum Gasteiger partial charge on any atom is 0.337 e. The first kappa shape index (κ1) is 14.9. The first-order valence-electron chi connectivity index (χ1n) is 6.78. The zero-order valence-corrected chi connectivity index (χ0v) is 12.2. The predicted octanol–water partition coefficient (Wildman–Crippen LogP) is 3.65. The molecule has 20 heavy (non-hydrogen) atoms. The Kier molecular flexibility index (Phi) is 5.01. The summed E-state index contributed by atoms with van der Waals surface area (Å²) in [5.74, 6) is -0.0358. The van der Waals surface area contributed by atoms with Gasteiger partial charge in [0.05, 0.1) is 23.4 Å². The summed E-state index contributed by atoms with van der Waals surface area (Å²) < 4.78 is 4.65. The van der Waals surface area contributed by atoms with Crippen molar-refractivity contribution in [1.82, 2.24) is 0 Å². The van der Waals surface area contributed by atoms with Crippen molar-refractivity contribution in [1.29, 1.82) is 0 Å². The van der Waals surface area contributed by atoms with E-state index in [2.05, 4.69) is 10.1 Å². The van der Waals surface area contributed by atoms with Gasteiger partial charge in [-0.05, 0) is 37.0 Å². The molecule has 0 spiro atoms. The van der Waals surface area contributed by atoms with Crippen molar-refractivity contribution in [3.63, 3.8) is 0 Å². The van der Waals surface area contributed by atoms with Crippen molar-refractivity contribution >= 4 is 29.2 Å². The van der Waals surface area contributed by atoms with Gasteiger partial charge in [-0.3, -0.25) is 4.79 Å². The quantitative estimate of drug-likeness (QED) is 0.863. The second-order valence-corrected chi connectivity index (χ2v) is 5.50. The van der Waals surface area contributed by atoms with Crippen LogP contribution in [0.3, 0.4) is 0 Å². The molecule has 1 amide bonds. The summed E-state index contributed by atoms with van der Waals surface area (Å²) in [5, 5.41) is 3.19. The molecule has 108 valence electrons. The maximum absolute atomic E-state index is 12.0. The fourth-order valence-electron chi connectivity index (χ4n) is 2.54. The Morgan fingerprint density at radius 3 is 2.70 bits per heavy atom. The maximum atomic E-state index is 12.0. The molecule has 1 aliphatic carbocycles. The Labute approximate surface area is 123 Å². The third kappa shape index (κ3) is 3.73. The van der Waals surface area contributed by atoms with E-state index in [-0.39, 0.29) is 5.91 Å². The first-order valence-corrected chi connectivity index (χ1v) is 7.15. The van der Waals surface area contributed by atoms with Gasteiger partial charge in [-0.1, -0.05) is 24.4 Å². The van der Waals surface area contributed by atoms with Gasteiger partial charge >= 0.3 is 5.97 Å². The molecule has 4 nitrogen and oxygen atoms in total. The standard InChI is InChI=1S/C15H18ClNO3/c1-20-15(19)11-6-7-12(16)13(9-11)17-14(18)8-10-4-2-3-5-10/h6-7,9-10H,2-5,8H2,1H3,(H,17,18). The molecule has 1 aromatic carbocycles. The van der Waals surface area contributed by atoms with E-state index >= 15 is 0 Å². The normalized spacial score (nSPS) is 15.1. The van der Waals surface area contributed by atoms with E-state index < -0.39 is 5.97 Å². The van der Waals surface area contributed by atoms with E-state index in [1.165, 1.54) is 20.0 Å². The van der Waals surface area contributed by atoms with Gasteiger partial charge in [0.2, 0.25) is 5.91 Å². The number of rotatable bonds is 4. The van der Waals surface area contributed by atoms with Gasteiger partial charge in [-0.25, -0.2) is 4.79 Å². The Morgan fingerprint density at radius 2 is 2.05 bits per heavy atom. The zero-order valence-electron chi connectivity index (χ0n) is 11.4. The second kappa shape index (κ2) is 6.75. The van der Waals surface area contributed by atoms with Crippen LogP contribution in [-0.4, -0.2) is 19.0 Å². The predicted molar refractivity (Wildman–Crippen MR) is 78.0 cm³/mol. The van der Waals surface area contributed by atoms with Crippen LogP contribution in [0, 0.1) is 5.92 Å². The molecule has 0 saturated heterocycles.